The van der Waals surface area contributed by atoms with Crippen LogP contribution in [0.15, 0.2) is 0 Å². The fraction of sp³-hybridized carbons (Fsp3) is 0.750. The van der Waals surface area contributed by atoms with Crippen LogP contribution >= 0.6 is 8.20 Å². The van der Waals surface area contributed by atoms with E-state index in [2.05, 4.69) is 11.0 Å². The first kappa shape index (κ1) is 13.6. The average Bonchev–Trinajstić information content (AvgIpc) is 2.14. The molecule has 0 aromatic carbocycles. The molecule has 0 aliphatic rings. The Balaban J connectivity index is 4.42. The Morgan fingerprint density at radius 1 is 1.57 bits per heavy atom. The van der Waals surface area contributed by atoms with E-state index in [1.54, 1.807) is 6.92 Å². The Morgan fingerprint density at radius 2 is 2.14 bits per heavy atom. The highest BCUT2D eigenvalue weighted by Gasteiger charge is 2.28. The van der Waals surface area contributed by atoms with Crippen molar-refractivity contribution in [2.45, 2.75) is 19.1 Å². The van der Waals surface area contributed by atoms with Gasteiger partial charge in [-0.3, -0.25) is 4.79 Å². The zero-order valence-corrected chi connectivity index (χ0v) is 10.1. The van der Waals surface area contributed by atoms with Crippen LogP contribution < -0.4 is 0 Å². The molecule has 0 aliphatic carbocycles. The first-order valence-electron chi connectivity index (χ1n) is 4.26. The van der Waals surface area contributed by atoms with Crippen molar-refractivity contribution in [1.29, 1.82) is 0 Å². The molecule has 14 heavy (non-hydrogen) atoms. The number of esters is 1. The van der Waals surface area contributed by atoms with E-state index in [4.69, 9.17) is 0 Å². The molecular formula is C8H15O4PS. The van der Waals surface area contributed by atoms with Crippen LogP contribution in [0.3, 0.4) is 0 Å². The highest BCUT2D eigenvalue weighted by atomic mass is 32.2. The normalized spacial score (nSPS) is 13.9. The highest BCUT2D eigenvalue weighted by Crippen LogP contribution is 2.06. The third kappa shape index (κ3) is 4.20. The number of carbonyl (C=O) groups excluding carboxylic acids is 1. The van der Waals surface area contributed by atoms with Crippen LogP contribution in [0.1, 0.15) is 13.8 Å². The van der Waals surface area contributed by atoms with Crippen molar-refractivity contribution in [1.82, 2.24) is 0 Å². The summed E-state index contributed by atoms with van der Waals surface area (Å²) in [5.41, 5.74) is 0. The topological polar surface area (TPSA) is 60.4 Å². The van der Waals surface area contributed by atoms with Crippen molar-refractivity contribution in [3.8, 4) is 0 Å². The van der Waals surface area contributed by atoms with Gasteiger partial charge in [0.1, 0.15) is 0 Å². The predicted molar refractivity (Wildman–Crippen MR) is 58.8 cm³/mol. The number of sulfone groups is 1. The Bertz CT molecular complexity index is 296. The van der Waals surface area contributed by atoms with E-state index < -0.39 is 21.1 Å². The number of ether oxygens (including phenoxy) is 1. The molecule has 0 amide bonds. The van der Waals surface area contributed by atoms with Gasteiger partial charge in [-0.15, -0.1) is 8.20 Å². The Labute approximate surface area is 86.4 Å². The standard InChI is InChI=1S/C8H15O4PS/c1-4-12-8(9)7(2)14(10,11)6-5-13-3/h7H,3-6H2,1-2H3. The summed E-state index contributed by atoms with van der Waals surface area (Å²) >= 11 is 0. The van der Waals surface area contributed by atoms with Gasteiger partial charge in [0.2, 0.25) is 0 Å². The SMILES string of the molecule is C=PCCS(=O)(=O)C(C)C(=O)OCC. The molecule has 4 nitrogen and oxygen atoms in total. The molecule has 0 bridgehead atoms. The molecule has 82 valence electrons. The van der Waals surface area contributed by atoms with Crippen molar-refractivity contribution in [2.24, 2.45) is 0 Å². The quantitative estimate of drug-likeness (QED) is 0.505. The Morgan fingerprint density at radius 3 is 2.57 bits per heavy atom. The fourth-order valence-electron chi connectivity index (χ4n) is 0.775. The largest absolute Gasteiger partial charge is 0.465 e. The summed E-state index contributed by atoms with van der Waals surface area (Å²) in [6.45, 7) is 3.20. The van der Waals surface area contributed by atoms with E-state index in [0.717, 1.165) is 8.20 Å². The monoisotopic (exact) mass is 238 g/mol. The molecule has 0 saturated carbocycles. The Hall–Kier alpha value is -0.410. The molecule has 0 heterocycles. The summed E-state index contributed by atoms with van der Waals surface area (Å²) in [7, 11) is -2.60. The van der Waals surface area contributed by atoms with Crippen molar-refractivity contribution in [3.63, 3.8) is 0 Å². The fourth-order valence-corrected chi connectivity index (χ4v) is 3.02. The summed E-state index contributed by atoms with van der Waals surface area (Å²) in [5.74, 6) is -0.689. The first-order valence-corrected chi connectivity index (χ1v) is 7.24. The third-order valence-electron chi connectivity index (χ3n) is 1.69. The maximum Gasteiger partial charge on any atom is 0.324 e. The average molecular weight is 238 g/mol. The molecule has 0 saturated heterocycles. The molecule has 0 aliphatic heterocycles. The zero-order chi connectivity index (χ0) is 11.2. The van der Waals surface area contributed by atoms with Gasteiger partial charge in [0, 0.05) is 6.16 Å². The molecule has 6 heteroatoms. The summed E-state index contributed by atoms with van der Waals surface area (Å²) in [5, 5.41) is -1.07. The summed E-state index contributed by atoms with van der Waals surface area (Å²) in [4.78, 5) is 11.1. The molecule has 0 aromatic rings. The number of rotatable bonds is 6. The van der Waals surface area contributed by atoms with Crippen LogP contribution in [0.25, 0.3) is 0 Å². The van der Waals surface area contributed by atoms with E-state index in [9.17, 15) is 13.2 Å². The lowest BCUT2D eigenvalue weighted by molar-refractivity contribution is -0.142. The second-order valence-corrected chi connectivity index (χ2v) is 6.04. The molecule has 0 rings (SSSR count). The second-order valence-electron chi connectivity index (χ2n) is 2.71. The van der Waals surface area contributed by atoms with E-state index in [1.807, 2.05) is 0 Å². The second kappa shape index (κ2) is 6.14. The molecule has 1 atom stereocenters. The lowest BCUT2D eigenvalue weighted by Crippen LogP contribution is -2.31. The van der Waals surface area contributed by atoms with Gasteiger partial charge in [-0.05, 0) is 13.8 Å². The molecular weight excluding hydrogens is 223 g/mol. The molecule has 0 fully saturated rings. The van der Waals surface area contributed by atoms with Gasteiger partial charge >= 0.3 is 5.97 Å². The Kier molecular flexibility index (Phi) is 5.96. The van der Waals surface area contributed by atoms with Gasteiger partial charge < -0.3 is 4.74 Å². The van der Waals surface area contributed by atoms with Gasteiger partial charge in [0.05, 0.1) is 12.4 Å². The minimum absolute atomic E-state index is 0.0158. The van der Waals surface area contributed by atoms with E-state index in [-0.39, 0.29) is 12.4 Å². The van der Waals surface area contributed by atoms with E-state index in [1.165, 1.54) is 6.92 Å². The van der Waals surface area contributed by atoms with Crippen LogP contribution in [0, 0.1) is 0 Å². The minimum Gasteiger partial charge on any atom is -0.465 e. The van der Waals surface area contributed by atoms with E-state index in [0.29, 0.717) is 6.16 Å². The predicted octanol–water partition coefficient (Wildman–Crippen LogP) is 0.731. The number of hydrogen-bond donors (Lipinski definition) is 0. The molecule has 0 aromatic heterocycles. The number of hydrogen-bond acceptors (Lipinski definition) is 4. The van der Waals surface area contributed by atoms with Crippen LogP contribution in [0.5, 0.6) is 0 Å². The summed E-state index contributed by atoms with van der Waals surface area (Å²) in [6, 6.07) is 0. The summed E-state index contributed by atoms with van der Waals surface area (Å²) in [6.07, 6.45) is 3.97. The van der Waals surface area contributed by atoms with Crippen molar-refractivity contribution in [2.75, 3.05) is 18.5 Å². The highest BCUT2D eigenvalue weighted by molar-refractivity contribution is 7.92. The van der Waals surface area contributed by atoms with Crippen LogP contribution in [-0.2, 0) is 19.4 Å². The van der Waals surface area contributed by atoms with Gasteiger partial charge in [-0.25, -0.2) is 8.42 Å². The number of carbonyl (C=O) groups is 1. The first-order chi connectivity index (χ1) is 6.45. The molecule has 0 N–H and O–H groups in total. The lowest BCUT2D eigenvalue weighted by atomic mass is 10.5. The smallest absolute Gasteiger partial charge is 0.324 e. The van der Waals surface area contributed by atoms with Crippen molar-refractivity contribution < 1.29 is 17.9 Å². The van der Waals surface area contributed by atoms with Gasteiger partial charge in [0.15, 0.2) is 15.1 Å². The zero-order valence-electron chi connectivity index (χ0n) is 8.39. The molecule has 1 unspecified atom stereocenters. The molecule has 0 radical (unpaired) electrons. The maximum atomic E-state index is 11.5. The van der Waals surface area contributed by atoms with Gasteiger partial charge in [-0.1, -0.05) is 6.30 Å². The summed E-state index contributed by atoms with van der Waals surface area (Å²) < 4.78 is 27.6. The van der Waals surface area contributed by atoms with Crippen molar-refractivity contribution >= 4 is 30.3 Å². The van der Waals surface area contributed by atoms with Crippen LogP contribution in [-0.4, -0.2) is 44.5 Å². The lowest BCUT2D eigenvalue weighted by Gasteiger charge is -2.10. The van der Waals surface area contributed by atoms with Crippen molar-refractivity contribution in [3.05, 3.63) is 0 Å². The molecule has 0 spiro atoms. The van der Waals surface area contributed by atoms with Gasteiger partial charge in [0.25, 0.3) is 0 Å². The third-order valence-corrected chi connectivity index (χ3v) is 4.58. The van der Waals surface area contributed by atoms with Crippen LogP contribution in [0.2, 0.25) is 0 Å². The minimum atomic E-state index is -3.37. The van der Waals surface area contributed by atoms with Gasteiger partial charge in [-0.2, -0.15) is 0 Å². The van der Waals surface area contributed by atoms with E-state index >= 15 is 0 Å². The van der Waals surface area contributed by atoms with Crippen LogP contribution in [0.4, 0.5) is 0 Å². The maximum absolute atomic E-state index is 11.5.